The minimum atomic E-state index is 0.742. The standard InChI is InChI=1S/C12H18N4S/c1-3-4-5-16-7-10(2)15-12(16)13-6-11-8-17-9-14-11/h7-9H,3-6H2,1-2H3,(H,13,15). The molecule has 4 nitrogen and oxygen atoms in total. The minimum absolute atomic E-state index is 0.742. The van der Waals surface area contributed by atoms with Gasteiger partial charge in [0.1, 0.15) is 0 Å². The Balaban J connectivity index is 1.99. The summed E-state index contributed by atoms with van der Waals surface area (Å²) in [6.07, 6.45) is 4.48. The van der Waals surface area contributed by atoms with Gasteiger partial charge in [-0.25, -0.2) is 9.97 Å². The van der Waals surface area contributed by atoms with Crippen LogP contribution in [-0.4, -0.2) is 14.5 Å². The molecule has 2 rings (SSSR count). The fourth-order valence-electron chi connectivity index (χ4n) is 1.68. The van der Waals surface area contributed by atoms with Crippen molar-refractivity contribution in [3.63, 3.8) is 0 Å². The van der Waals surface area contributed by atoms with Gasteiger partial charge in [0.2, 0.25) is 5.95 Å². The molecule has 2 aromatic rings. The second-order valence-electron chi connectivity index (χ2n) is 4.09. The van der Waals surface area contributed by atoms with Gasteiger partial charge < -0.3 is 9.88 Å². The van der Waals surface area contributed by atoms with Crippen LogP contribution in [0.5, 0.6) is 0 Å². The highest BCUT2D eigenvalue weighted by molar-refractivity contribution is 7.07. The van der Waals surface area contributed by atoms with Crippen LogP contribution < -0.4 is 5.32 Å². The highest BCUT2D eigenvalue weighted by Crippen LogP contribution is 2.11. The van der Waals surface area contributed by atoms with Crippen LogP contribution in [0, 0.1) is 6.92 Å². The van der Waals surface area contributed by atoms with Gasteiger partial charge in [-0.2, -0.15) is 0 Å². The number of anilines is 1. The molecule has 0 saturated carbocycles. The summed E-state index contributed by atoms with van der Waals surface area (Å²) < 4.78 is 2.19. The molecule has 0 aliphatic carbocycles. The van der Waals surface area contributed by atoms with Crippen LogP contribution >= 0.6 is 11.3 Å². The molecule has 0 atom stereocenters. The summed E-state index contributed by atoms with van der Waals surface area (Å²) in [6, 6.07) is 0. The summed E-state index contributed by atoms with van der Waals surface area (Å²) in [5.74, 6) is 0.948. The van der Waals surface area contributed by atoms with Crippen molar-refractivity contribution in [2.24, 2.45) is 0 Å². The lowest BCUT2D eigenvalue weighted by Crippen LogP contribution is -2.07. The number of hydrogen-bond acceptors (Lipinski definition) is 4. The monoisotopic (exact) mass is 250 g/mol. The van der Waals surface area contributed by atoms with E-state index in [0.29, 0.717) is 0 Å². The Morgan fingerprint density at radius 1 is 1.47 bits per heavy atom. The first-order valence-corrected chi connectivity index (χ1v) is 6.88. The van der Waals surface area contributed by atoms with Gasteiger partial charge in [-0.1, -0.05) is 13.3 Å². The second-order valence-corrected chi connectivity index (χ2v) is 4.80. The first-order valence-electron chi connectivity index (χ1n) is 5.94. The zero-order chi connectivity index (χ0) is 12.1. The fourth-order valence-corrected chi connectivity index (χ4v) is 2.24. The maximum atomic E-state index is 4.49. The molecule has 0 spiro atoms. The maximum Gasteiger partial charge on any atom is 0.203 e. The molecule has 92 valence electrons. The molecule has 0 radical (unpaired) electrons. The van der Waals surface area contributed by atoms with Crippen LogP contribution in [0.1, 0.15) is 31.2 Å². The zero-order valence-electron chi connectivity index (χ0n) is 10.3. The van der Waals surface area contributed by atoms with E-state index in [1.165, 1.54) is 12.8 Å². The topological polar surface area (TPSA) is 42.7 Å². The number of rotatable bonds is 6. The van der Waals surface area contributed by atoms with Crippen LogP contribution in [0.2, 0.25) is 0 Å². The molecule has 0 unspecified atom stereocenters. The molecule has 1 N–H and O–H groups in total. The van der Waals surface area contributed by atoms with Gasteiger partial charge >= 0.3 is 0 Å². The van der Waals surface area contributed by atoms with Crippen molar-refractivity contribution >= 4 is 17.3 Å². The molecule has 0 fully saturated rings. The molecule has 2 heterocycles. The summed E-state index contributed by atoms with van der Waals surface area (Å²) in [4.78, 5) is 8.74. The van der Waals surface area contributed by atoms with Gasteiger partial charge in [-0.3, -0.25) is 0 Å². The van der Waals surface area contributed by atoms with Crippen molar-refractivity contribution in [1.82, 2.24) is 14.5 Å². The Morgan fingerprint density at radius 2 is 2.35 bits per heavy atom. The largest absolute Gasteiger partial charge is 0.350 e. The first kappa shape index (κ1) is 12.1. The number of aromatic nitrogens is 3. The van der Waals surface area contributed by atoms with Crippen molar-refractivity contribution in [3.8, 4) is 0 Å². The van der Waals surface area contributed by atoms with Gasteiger partial charge in [-0.15, -0.1) is 11.3 Å². The lowest BCUT2D eigenvalue weighted by molar-refractivity contribution is 0.634. The molecular formula is C12H18N4S. The van der Waals surface area contributed by atoms with E-state index in [0.717, 1.165) is 30.4 Å². The van der Waals surface area contributed by atoms with E-state index < -0.39 is 0 Å². The number of unbranched alkanes of at least 4 members (excludes halogenated alkanes) is 1. The van der Waals surface area contributed by atoms with Crippen molar-refractivity contribution < 1.29 is 0 Å². The number of nitrogens with zero attached hydrogens (tertiary/aromatic N) is 3. The SMILES string of the molecule is CCCCn1cc(C)nc1NCc1cscn1. The van der Waals surface area contributed by atoms with Gasteiger partial charge in [-0.05, 0) is 13.3 Å². The average molecular weight is 250 g/mol. The molecule has 0 aliphatic heterocycles. The number of hydrogen-bond donors (Lipinski definition) is 1. The Morgan fingerprint density at radius 3 is 3.06 bits per heavy atom. The molecule has 0 saturated heterocycles. The Hall–Kier alpha value is -1.36. The van der Waals surface area contributed by atoms with E-state index in [2.05, 4.69) is 38.4 Å². The third kappa shape index (κ3) is 3.30. The van der Waals surface area contributed by atoms with E-state index >= 15 is 0 Å². The zero-order valence-corrected chi connectivity index (χ0v) is 11.1. The summed E-state index contributed by atoms with van der Waals surface area (Å²) in [6.45, 7) is 5.99. The first-order chi connectivity index (χ1) is 8.29. The molecule has 5 heteroatoms. The molecular weight excluding hydrogens is 232 g/mol. The van der Waals surface area contributed by atoms with Crippen molar-refractivity contribution in [3.05, 3.63) is 28.5 Å². The maximum absolute atomic E-state index is 4.49. The molecule has 0 bridgehead atoms. The molecule has 0 aliphatic rings. The molecule has 2 aromatic heterocycles. The Kier molecular flexibility index (Phi) is 4.14. The van der Waals surface area contributed by atoms with E-state index in [9.17, 15) is 0 Å². The highest BCUT2D eigenvalue weighted by Gasteiger charge is 2.05. The Labute approximate surface area is 106 Å². The van der Waals surface area contributed by atoms with E-state index in [1.54, 1.807) is 11.3 Å². The lowest BCUT2D eigenvalue weighted by Gasteiger charge is -2.07. The summed E-state index contributed by atoms with van der Waals surface area (Å²) in [7, 11) is 0. The van der Waals surface area contributed by atoms with Crippen LogP contribution in [0.3, 0.4) is 0 Å². The van der Waals surface area contributed by atoms with E-state index in [-0.39, 0.29) is 0 Å². The van der Waals surface area contributed by atoms with Crippen LogP contribution in [-0.2, 0) is 13.1 Å². The normalized spacial score (nSPS) is 10.7. The van der Waals surface area contributed by atoms with E-state index in [4.69, 9.17) is 0 Å². The van der Waals surface area contributed by atoms with Crippen LogP contribution in [0.15, 0.2) is 17.1 Å². The number of aryl methyl sites for hydroxylation is 2. The van der Waals surface area contributed by atoms with Crippen molar-refractivity contribution in [2.75, 3.05) is 5.32 Å². The smallest absolute Gasteiger partial charge is 0.203 e. The van der Waals surface area contributed by atoms with Crippen LogP contribution in [0.4, 0.5) is 5.95 Å². The average Bonchev–Trinajstić information content (AvgIpc) is 2.93. The molecule has 17 heavy (non-hydrogen) atoms. The summed E-state index contributed by atoms with van der Waals surface area (Å²) in [5.41, 5.74) is 3.98. The molecule has 0 aromatic carbocycles. The lowest BCUT2D eigenvalue weighted by atomic mass is 10.3. The van der Waals surface area contributed by atoms with Gasteiger partial charge in [0, 0.05) is 18.1 Å². The quantitative estimate of drug-likeness (QED) is 0.856. The summed E-state index contributed by atoms with van der Waals surface area (Å²) in [5, 5.41) is 5.40. The number of imidazole rings is 1. The number of thiazole rings is 1. The molecule has 0 amide bonds. The van der Waals surface area contributed by atoms with Gasteiger partial charge in [0.05, 0.1) is 23.4 Å². The Bertz CT molecular complexity index is 447. The fraction of sp³-hybridized carbons (Fsp3) is 0.500. The highest BCUT2D eigenvalue weighted by atomic mass is 32.1. The van der Waals surface area contributed by atoms with Crippen molar-refractivity contribution in [1.29, 1.82) is 0 Å². The van der Waals surface area contributed by atoms with Crippen LogP contribution in [0.25, 0.3) is 0 Å². The second kappa shape index (κ2) is 5.82. The predicted molar refractivity (Wildman–Crippen MR) is 71.3 cm³/mol. The number of nitrogens with one attached hydrogen (secondary N) is 1. The van der Waals surface area contributed by atoms with Crippen molar-refractivity contribution in [2.45, 2.75) is 39.8 Å². The van der Waals surface area contributed by atoms with Gasteiger partial charge in [0.15, 0.2) is 0 Å². The third-order valence-electron chi connectivity index (χ3n) is 2.56. The summed E-state index contributed by atoms with van der Waals surface area (Å²) >= 11 is 1.62. The van der Waals surface area contributed by atoms with E-state index in [1.807, 2.05) is 12.4 Å². The van der Waals surface area contributed by atoms with Gasteiger partial charge in [0.25, 0.3) is 0 Å². The minimum Gasteiger partial charge on any atom is -0.350 e. The predicted octanol–water partition coefficient (Wildman–Crippen LogP) is 3.06. The third-order valence-corrected chi connectivity index (χ3v) is 3.20.